The van der Waals surface area contributed by atoms with Gasteiger partial charge in [-0.15, -0.1) is 11.3 Å². The largest absolute Gasteiger partial charge is 0.495 e. The average molecular weight is 283 g/mol. The van der Waals surface area contributed by atoms with E-state index in [1.165, 1.54) is 21.2 Å². The standard InChI is InChI=1S/C17H17NOS/c1-12-7-8-16(19-2)15(9-12)18-10-13-11-20-17-6-4-3-5-14(13)17/h3-9,11,18H,10H2,1-2H3. The van der Waals surface area contributed by atoms with E-state index in [-0.39, 0.29) is 0 Å². The lowest BCUT2D eigenvalue weighted by molar-refractivity contribution is 0.416. The van der Waals surface area contributed by atoms with E-state index in [0.29, 0.717) is 0 Å². The minimum absolute atomic E-state index is 0.809. The van der Waals surface area contributed by atoms with Gasteiger partial charge in [-0.25, -0.2) is 0 Å². The van der Waals surface area contributed by atoms with Crippen molar-refractivity contribution in [3.05, 3.63) is 59.0 Å². The molecule has 0 aliphatic carbocycles. The Balaban J connectivity index is 1.84. The molecule has 0 atom stereocenters. The van der Waals surface area contributed by atoms with E-state index in [1.54, 1.807) is 18.4 Å². The van der Waals surface area contributed by atoms with Crippen LogP contribution < -0.4 is 10.1 Å². The summed E-state index contributed by atoms with van der Waals surface area (Å²) in [6.45, 7) is 2.90. The van der Waals surface area contributed by atoms with Crippen LogP contribution in [-0.2, 0) is 6.54 Å². The first-order valence-electron chi connectivity index (χ1n) is 6.61. The average Bonchev–Trinajstić information content (AvgIpc) is 2.88. The van der Waals surface area contributed by atoms with E-state index in [2.05, 4.69) is 54.0 Å². The molecule has 3 rings (SSSR count). The highest BCUT2D eigenvalue weighted by Crippen LogP contribution is 2.29. The van der Waals surface area contributed by atoms with Crippen LogP contribution in [0.1, 0.15) is 11.1 Å². The molecule has 3 heteroatoms. The number of hydrogen-bond donors (Lipinski definition) is 1. The molecule has 0 amide bonds. The molecular weight excluding hydrogens is 266 g/mol. The minimum atomic E-state index is 0.809. The Labute approximate surface area is 123 Å². The van der Waals surface area contributed by atoms with Crippen LogP contribution in [0, 0.1) is 6.92 Å². The second-order valence-corrected chi connectivity index (χ2v) is 5.73. The van der Waals surface area contributed by atoms with Gasteiger partial charge in [-0.2, -0.15) is 0 Å². The molecule has 0 saturated carbocycles. The van der Waals surface area contributed by atoms with E-state index >= 15 is 0 Å². The summed E-state index contributed by atoms with van der Waals surface area (Å²) in [6, 6.07) is 14.7. The van der Waals surface area contributed by atoms with Gasteiger partial charge in [0.05, 0.1) is 12.8 Å². The van der Waals surface area contributed by atoms with Crippen LogP contribution in [0.4, 0.5) is 5.69 Å². The molecule has 0 aliphatic rings. The Bertz CT molecular complexity index is 733. The molecule has 2 nitrogen and oxygen atoms in total. The summed E-state index contributed by atoms with van der Waals surface area (Å²) in [5.41, 5.74) is 3.60. The highest BCUT2D eigenvalue weighted by molar-refractivity contribution is 7.17. The lowest BCUT2D eigenvalue weighted by Gasteiger charge is -2.11. The number of rotatable bonds is 4. The Morgan fingerprint density at radius 1 is 1.15 bits per heavy atom. The molecule has 1 aromatic heterocycles. The number of anilines is 1. The molecule has 3 aromatic rings. The number of fused-ring (bicyclic) bond motifs is 1. The van der Waals surface area contributed by atoms with Gasteiger partial charge in [-0.1, -0.05) is 24.3 Å². The molecule has 2 aromatic carbocycles. The molecule has 0 bridgehead atoms. The maximum Gasteiger partial charge on any atom is 0.141 e. The molecule has 0 radical (unpaired) electrons. The highest BCUT2D eigenvalue weighted by Gasteiger charge is 2.06. The summed E-state index contributed by atoms with van der Waals surface area (Å²) < 4.78 is 6.73. The van der Waals surface area contributed by atoms with Gasteiger partial charge < -0.3 is 10.1 Å². The third-order valence-electron chi connectivity index (χ3n) is 3.39. The van der Waals surface area contributed by atoms with Crippen LogP contribution in [0.5, 0.6) is 5.75 Å². The molecule has 0 unspecified atom stereocenters. The number of nitrogens with one attached hydrogen (secondary N) is 1. The molecule has 0 fully saturated rings. The van der Waals surface area contributed by atoms with Gasteiger partial charge >= 0.3 is 0 Å². The highest BCUT2D eigenvalue weighted by atomic mass is 32.1. The van der Waals surface area contributed by atoms with Gasteiger partial charge in [0.25, 0.3) is 0 Å². The Kier molecular flexibility index (Phi) is 3.61. The van der Waals surface area contributed by atoms with E-state index < -0.39 is 0 Å². The van der Waals surface area contributed by atoms with E-state index in [4.69, 9.17) is 4.74 Å². The Hall–Kier alpha value is -2.00. The van der Waals surface area contributed by atoms with Crippen molar-refractivity contribution in [1.29, 1.82) is 0 Å². The lowest BCUT2D eigenvalue weighted by atomic mass is 10.1. The molecule has 20 heavy (non-hydrogen) atoms. The normalized spacial score (nSPS) is 10.7. The van der Waals surface area contributed by atoms with E-state index in [0.717, 1.165) is 18.0 Å². The van der Waals surface area contributed by atoms with Crippen LogP contribution in [0.15, 0.2) is 47.8 Å². The van der Waals surface area contributed by atoms with Crippen LogP contribution >= 0.6 is 11.3 Å². The second-order valence-electron chi connectivity index (χ2n) is 4.81. The van der Waals surface area contributed by atoms with Crippen molar-refractivity contribution in [2.24, 2.45) is 0 Å². The predicted molar refractivity (Wildman–Crippen MR) is 86.9 cm³/mol. The van der Waals surface area contributed by atoms with Crippen molar-refractivity contribution >= 4 is 27.1 Å². The van der Waals surface area contributed by atoms with Gasteiger partial charge in [-0.05, 0) is 47.0 Å². The fourth-order valence-corrected chi connectivity index (χ4v) is 3.28. The lowest BCUT2D eigenvalue weighted by Crippen LogP contribution is -2.01. The molecule has 102 valence electrons. The first kappa shape index (κ1) is 13.0. The third kappa shape index (κ3) is 2.49. The summed E-state index contributed by atoms with van der Waals surface area (Å²) in [5, 5.41) is 7.03. The number of methoxy groups -OCH3 is 1. The molecule has 0 aliphatic heterocycles. The number of benzene rings is 2. The second kappa shape index (κ2) is 5.55. The summed E-state index contributed by atoms with van der Waals surface area (Å²) in [4.78, 5) is 0. The maximum atomic E-state index is 5.40. The van der Waals surface area contributed by atoms with Gasteiger partial charge in [0.15, 0.2) is 0 Å². The Morgan fingerprint density at radius 2 is 2.00 bits per heavy atom. The quantitative estimate of drug-likeness (QED) is 0.740. The van der Waals surface area contributed by atoms with Crippen molar-refractivity contribution in [2.75, 3.05) is 12.4 Å². The summed E-state index contributed by atoms with van der Waals surface area (Å²) in [6.07, 6.45) is 0. The minimum Gasteiger partial charge on any atom is -0.495 e. The number of ether oxygens (including phenoxy) is 1. The first-order chi connectivity index (χ1) is 9.78. The van der Waals surface area contributed by atoms with Crippen LogP contribution in [0.2, 0.25) is 0 Å². The fraction of sp³-hybridized carbons (Fsp3) is 0.176. The number of aryl methyl sites for hydroxylation is 1. The van der Waals surface area contributed by atoms with Gasteiger partial charge in [0.2, 0.25) is 0 Å². The maximum absolute atomic E-state index is 5.40. The molecule has 1 N–H and O–H groups in total. The van der Waals surface area contributed by atoms with Crippen molar-refractivity contribution in [1.82, 2.24) is 0 Å². The van der Waals surface area contributed by atoms with E-state index in [1.807, 2.05) is 6.07 Å². The zero-order valence-corrected chi connectivity index (χ0v) is 12.5. The molecular formula is C17H17NOS. The molecule has 0 saturated heterocycles. The van der Waals surface area contributed by atoms with Crippen LogP contribution in [0.25, 0.3) is 10.1 Å². The van der Waals surface area contributed by atoms with Gasteiger partial charge in [-0.3, -0.25) is 0 Å². The fourth-order valence-electron chi connectivity index (χ4n) is 2.32. The summed E-state index contributed by atoms with van der Waals surface area (Å²) >= 11 is 1.79. The molecule has 1 heterocycles. The zero-order valence-electron chi connectivity index (χ0n) is 11.6. The number of hydrogen-bond acceptors (Lipinski definition) is 3. The van der Waals surface area contributed by atoms with Gasteiger partial charge in [0, 0.05) is 11.2 Å². The van der Waals surface area contributed by atoms with Crippen molar-refractivity contribution < 1.29 is 4.74 Å². The SMILES string of the molecule is COc1ccc(C)cc1NCc1csc2ccccc12. The van der Waals surface area contributed by atoms with Crippen LogP contribution in [-0.4, -0.2) is 7.11 Å². The predicted octanol–water partition coefficient (Wildman–Crippen LogP) is 4.83. The van der Waals surface area contributed by atoms with Crippen molar-refractivity contribution in [3.8, 4) is 5.75 Å². The topological polar surface area (TPSA) is 21.3 Å². The first-order valence-corrected chi connectivity index (χ1v) is 7.49. The monoisotopic (exact) mass is 283 g/mol. The zero-order chi connectivity index (χ0) is 13.9. The summed E-state index contributed by atoms with van der Waals surface area (Å²) in [5.74, 6) is 0.884. The van der Waals surface area contributed by atoms with Crippen LogP contribution in [0.3, 0.4) is 0 Å². The van der Waals surface area contributed by atoms with Gasteiger partial charge in [0.1, 0.15) is 5.75 Å². The third-order valence-corrected chi connectivity index (χ3v) is 4.40. The smallest absolute Gasteiger partial charge is 0.141 e. The summed E-state index contributed by atoms with van der Waals surface area (Å²) in [7, 11) is 1.70. The number of thiophene rings is 1. The van der Waals surface area contributed by atoms with Crippen molar-refractivity contribution in [2.45, 2.75) is 13.5 Å². The van der Waals surface area contributed by atoms with Crippen molar-refractivity contribution in [3.63, 3.8) is 0 Å². The Morgan fingerprint density at radius 3 is 2.85 bits per heavy atom. The van der Waals surface area contributed by atoms with E-state index in [9.17, 15) is 0 Å². The molecule has 0 spiro atoms.